The summed E-state index contributed by atoms with van der Waals surface area (Å²) in [4.78, 5) is 13.2. The first-order valence-corrected chi connectivity index (χ1v) is 5.82. The number of aliphatic carboxylic acids is 1. The Morgan fingerprint density at radius 3 is 2.27 bits per heavy atom. The standard InChI is InChI=1S/C11H19NO3/c13-11(14)9-1-5-12(6-2-9)10-3-7-15-8-4-10/h9-10H,1-8H2,(H,13,14). The molecular weight excluding hydrogens is 194 g/mol. The molecule has 0 aromatic heterocycles. The van der Waals surface area contributed by atoms with E-state index in [1.165, 1.54) is 0 Å². The molecule has 0 unspecified atom stereocenters. The van der Waals surface area contributed by atoms with Crippen LogP contribution in [0.3, 0.4) is 0 Å². The summed E-state index contributed by atoms with van der Waals surface area (Å²) in [6, 6.07) is 0.633. The lowest BCUT2D eigenvalue weighted by Crippen LogP contribution is -2.45. The van der Waals surface area contributed by atoms with Crippen LogP contribution >= 0.6 is 0 Å². The summed E-state index contributed by atoms with van der Waals surface area (Å²) in [6.07, 6.45) is 3.84. The van der Waals surface area contributed by atoms with Crippen LogP contribution < -0.4 is 0 Å². The maximum atomic E-state index is 10.8. The van der Waals surface area contributed by atoms with Gasteiger partial charge in [-0.25, -0.2) is 0 Å². The minimum Gasteiger partial charge on any atom is -0.481 e. The van der Waals surface area contributed by atoms with Gasteiger partial charge in [-0.2, -0.15) is 0 Å². The van der Waals surface area contributed by atoms with E-state index in [9.17, 15) is 4.79 Å². The fraction of sp³-hybridized carbons (Fsp3) is 0.909. The van der Waals surface area contributed by atoms with Gasteiger partial charge in [-0.15, -0.1) is 0 Å². The fourth-order valence-electron chi connectivity index (χ4n) is 2.56. The Hall–Kier alpha value is -0.610. The highest BCUT2D eigenvalue weighted by atomic mass is 16.5. The second kappa shape index (κ2) is 4.94. The second-order valence-corrected chi connectivity index (χ2v) is 4.49. The summed E-state index contributed by atoms with van der Waals surface area (Å²) in [7, 11) is 0. The number of piperidine rings is 1. The van der Waals surface area contributed by atoms with Crippen LogP contribution in [0.5, 0.6) is 0 Å². The van der Waals surface area contributed by atoms with Crippen molar-refractivity contribution in [1.29, 1.82) is 0 Å². The number of rotatable bonds is 2. The first kappa shape index (κ1) is 10.9. The summed E-state index contributed by atoms with van der Waals surface area (Å²) in [5.41, 5.74) is 0. The van der Waals surface area contributed by atoms with E-state index >= 15 is 0 Å². The van der Waals surface area contributed by atoms with Gasteiger partial charge in [-0.1, -0.05) is 0 Å². The molecule has 1 N–H and O–H groups in total. The van der Waals surface area contributed by atoms with E-state index in [0.29, 0.717) is 6.04 Å². The van der Waals surface area contributed by atoms with Crippen LogP contribution in [0.4, 0.5) is 0 Å². The minimum atomic E-state index is -0.623. The Kier molecular flexibility index (Phi) is 3.59. The van der Waals surface area contributed by atoms with Gasteiger partial charge in [0.25, 0.3) is 0 Å². The predicted molar refractivity (Wildman–Crippen MR) is 55.8 cm³/mol. The molecule has 86 valence electrons. The average molecular weight is 213 g/mol. The molecular formula is C11H19NO3. The van der Waals surface area contributed by atoms with E-state index in [1.54, 1.807) is 0 Å². The van der Waals surface area contributed by atoms with E-state index in [2.05, 4.69) is 4.90 Å². The summed E-state index contributed by atoms with van der Waals surface area (Å²) in [5, 5.41) is 8.90. The van der Waals surface area contributed by atoms with Crippen LogP contribution in [0.2, 0.25) is 0 Å². The van der Waals surface area contributed by atoms with Gasteiger partial charge < -0.3 is 14.7 Å². The monoisotopic (exact) mass is 213 g/mol. The Labute approximate surface area is 90.2 Å². The highest BCUT2D eigenvalue weighted by molar-refractivity contribution is 5.70. The Bertz CT molecular complexity index is 218. The van der Waals surface area contributed by atoms with Crippen molar-refractivity contribution in [3.8, 4) is 0 Å². The van der Waals surface area contributed by atoms with Crippen molar-refractivity contribution in [2.45, 2.75) is 31.7 Å². The summed E-state index contributed by atoms with van der Waals surface area (Å²) in [6.45, 7) is 3.62. The molecule has 0 aliphatic carbocycles. The van der Waals surface area contributed by atoms with Crippen LogP contribution in [0.1, 0.15) is 25.7 Å². The van der Waals surface area contributed by atoms with Gasteiger partial charge in [0.1, 0.15) is 0 Å². The zero-order valence-corrected chi connectivity index (χ0v) is 9.02. The molecule has 0 saturated carbocycles. The SMILES string of the molecule is O=C(O)C1CCN(C2CCOCC2)CC1. The molecule has 4 heteroatoms. The Morgan fingerprint density at radius 1 is 1.13 bits per heavy atom. The number of carboxylic acids is 1. The van der Waals surface area contributed by atoms with E-state index in [-0.39, 0.29) is 5.92 Å². The number of carbonyl (C=O) groups is 1. The highest BCUT2D eigenvalue weighted by Crippen LogP contribution is 2.23. The molecule has 2 fully saturated rings. The molecule has 15 heavy (non-hydrogen) atoms. The molecule has 2 saturated heterocycles. The number of likely N-dealkylation sites (tertiary alicyclic amines) is 1. The van der Waals surface area contributed by atoms with Crippen LogP contribution in [0.15, 0.2) is 0 Å². The van der Waals surface area contributed by atoms with Crippen LogP contribution in [-0.2, 0) is 9.53 Å². The van der Waals surface area contributed by atoms with Crippen molar-refractivity contribution in [3.05, 3.63) is 0 Å². The molecule has 2 aliphatic heterocycles. The third-order valence-corrected chi connectivity index (χ3v) is 3.59. The third kappa shape index (κ3) is 2.69. The maximum absolute atomic E-state index is 10.8. The molecule has 2 rings (SSSR count). The summed E-state index contributed by atoms with van der Waals surface area (Å²) < 4.78 is 5.33. The third-order valence-electron chi connectivity index (χ3n) is 3.59. The average Bonchev–Trinajstić information content (AvgIpc) is 2.30. The van der Waals surface area contributed by atoms with Gasteiger partial charge >= 0.3 is 5.97 Å². The molecule has 0 amide bonds. The molecule has 0 bridgehead atoms. The van der Waals surface area contributed by atoms with E-state index in [0.717, 1.165) is 52.0 Å². The number of carboxylic acid groups (broad SMARTS) is 1. The van der Waals surface area contributed by atoms with Crippen molar-refractivity contribution < 1.29 is 14.6 Å². The lowest BCUT2D eigenvalue weighted by molar-refractivity contribution is -0.143. The van der Waals surface area contributed by atoms with Crippen molar-refractivity contribution in [1.82, 2.24) is 4.90 Å². The van der Waals surface area contributed by atoms with Gasteiger partial charge in [0, 0.05) is 19.3 Å². The molecule has 0 aromatic rings. The predicted octanol–water partition coefficient (Wildman–Crippen LogP) is 0.962. The van der Waals surface area contributed by atoms with E-state index in [4.69, 9.17) is 9.84 Å². The normalized spacial score (nSPS) is 26.7. The first-order valence-electron chi connectivity index (χ1n) is 5.82. The zero-order valence-electron chi connectivity index (χ0n) is 9.02. The number of hydrogen-bond donors (Lipinski definition) is 1. The van der Waals surface area contributed by atoms with Gasteiger partial charge in [0.05, 0.1) is 5.92 Å². The quantitative estimate of drug-likeness (QED) is 0.742. The Morgan fingerprint density at radius 2 is 1.73 bits per heavy atom. The first-order chi connectivity index (χ1) is 7.27. The topological polar surface area (TPSA) is 49.8 Å². The molecule has 2 heterocycles. The van der Waals surface area contributed by atoms with Gasteiger partial charge in [-0.3, -0.25) is 4.79 Å². The molecule has 0 atom stereocenters. The summed E-state index contributed by atoms with van der Waals surface area (Å²) in [5.74, 6) is -0.734. The highest BCUT2D eigenvalue weighted by Gasteiger charge is 2.29. The maximum Gasteiger partial charge on any atom is 0.306 e. The second-order valence-electron chi connectivity index (χ2n) is 4.49. The fourth-order valence-corrected chi connectivity index (χ4v) is 2.56. The number of ether oxygens (including phenoxy) is 1. The smallest absolute Gasteiger partial charge is 0.306 e. The molecule has 0 spiro atoms. The van der Waals surface area contributed by atoms with Gasteiger partial charge in [0.2, 0.25) is 0 Å². The van der Waals surface area contributed by atoms with Crippen LogP contribution in [0, 0.1) is 5.92 Å². The van der Waals surface area contributed by atoms with Crippen molar-refractivity contribution in [2.75, 3.05) is 26.3 Å². The minimum absolute atomic E-state index is 0.110. The number of nitrogens with zero attached hydrogens (tertiary/aromatic N) is 1. The number of hydrogen-bond acceptors (Lipinski definition) is 3. The van der Waals surface area contributed by atoms with Gasteiger partial charge in [0.15, 0.2) is 0 Å². The largest absolute Gasteiger partial charge is 0.481 e. The zero-order chi connectivity index (χ0) is 10.7. The Balaban J connectivity index is 1.79. The van der Waals surface area contributed by atoms with Crippen molar-refractivity contribution >= 4 is 5.97 Å². The van der Waals surface area contributed by atoms with Crippen LogP contribution in [0.25, 0.3) is 0 Å². The van der Waals surface area contributed by atoms with Gasteiger partial charge in [-0.05, 0) is 38.8 Å². The van der Waals surface area contributed by atoms with Crippen molar-refractivity contribution in [3.63, 3.8) is 0 Å². The van der Waals surface area contributed by atoms with E-state index < -0.39 is 5.97 Å². The van der Waals surface area contributed by atoms with E-state index in [1.807, 2.05) is 0 Å². The lowest BCUT2D eigenvalue weighted by atomic mass is 9.94. The molecule has 4 nitrogen and oxygen atoms in total. The molecule has 0 aromatic carbocycles. The molecule has 2 aliphatic rings. The summed E-state index contributed by atoms with van der Waals surface area (Å²) >= 11 is 0. The lowest BCUT2D eigenvalue weighted by Gasteiger charge is -2.38. The molecule has 0 radical (unpaired) electrons. The van der Waals surface area contributed by atoms with Crippen LogP contribution in [-0.4, -0.2) is 48.3 Å². The van der Waals surface area contributed by atoms with Crippen molar-refractivity contribution in [2.24, 2.45) is 5.92 Å².